The van der Waals surface area contributed by atoms with Gasteiger partial charge in [-0.3, -0.25) is 9.59 Å². The molecule has 0 bridgehead atoms. The number of hydrogen-bond acceptors (Lipinski definition) is 8. The van der Waals surface area contributed by atoms with Crippen molar-refractivity contribution in [2.75, 3.05) is 0 Å². The molecular formula is C38H34ClNO6S. The Hall–Kier alpha value is -4.66. The van der Waals surface area contributed by atoms with Crippen LogP contribution in [0.4, 0.5) is 0 Å². The molecule has 0 atom stereocenters. The molecule has 9 heteroatoms. The molecule has 0 spiro atoms. The highest BCUT2D eigenvalue weighted by molar-refractivity contribution is 7.25. The number of carbonyl (C=O) groups is 3. The summed E-state index contributed by atoms with van der Waals surface area (Å²) in [6.07, 6.45) is 3.63. The van der Waals surface area contributed by atoms with Gasteiger partial charge in [0.2, 0.25) is 0 Å². The van der Waals surface area contributed by atoms with Crippen LogP contribution in [0.15, 0.2) is 82.7 Å². The molecule has 0 amide bonds. The van der Waals surface area contributed by atoms with Crippen molar-refractivity contribution in [1.29, 1.82) is 0 Å². The van der Waals surface area contributed by atoms with E-state index in [0.717, 1.165) is 29.5 Å². The fourth-order valence-corrected chi connectivity index (χ4v) is 7.16. The topological polar surface area (TPSA) is 99.1 Å². The van der Waals surface area contributed by atoms with E-state index in [0.29, 0.717) is 38.8 Å². The Morgan fingerprint density at radius 2 is 1.55 bits per heavy atom. The fraction of sp³-hybridized carbons (Fsp3) is 0.237. The van der Waals surface area contributed by atoms with Gasteiger partial charge < -0.3 is 9.57 Å². The molecule has 0 unspecified atom stereocenters. The van der Waals surface area contributed by atoms with Crippen LogP contribution in [-0.2, 0) is 9.63 Å². The van der Waals surface area contributed by atoms with Crippen LogP contribution in [0.2, 0.25) is 5.02 Å². The lowest BCUT2D eigenvalue weighted by atomic mass is 9.89. The van der Waals surface area contributed by atoms with Crippen LogP contribution >= 0.6 is 22.9 Å². The molecule has 0 N–H and O–H groups in total. The van der Waals surface area contributed by atoms with Crippen molar-refractivity contribution in [2.24, 2.45) is 5.16 Å². The molecule has 0 saturated heterocycles. The Morgan fingerprint density at radius 1 is 0.851 bits per heavy atom. The lowest BCUT2D eigenvalue weighted by Crippen LogP contribution is -2.22. The third kappa shape index (κ3) is 7.19. The van der Waals surface area contributed by atoms with Crippen molar-refractivity contribution in [1.82, 2.24) is 0 Å². The predicted octanol–water partition coefficient (Wildman–Crippen LogP) is 9.31. The summed E-state index contributed by atoms with van der Waals surface area (Å²) in [6.45, 7) is 7.37. The molecule has 5 rings (SSSR count). The van der Waals surface area contributed by atoms with Gasteiger partial charge in [0.25, 0.3) is 0 Å². The highest BCUT2D eigenvalue weighted by atomic mass is 35.5. The SMILES string of the molecule is CCCCCC/C(=N\OC(=O)c1c(C)cc(C)c(C(=O)c2ccccc2)c1C)C(=O)Oc1ccc(Cl)c2c(=O)c3ccccc3sc12. The molecular weight excluding hydrogens is 634 g/mol. The van der Waals surface area contributed by atoms with E-state index in [1.165, 1.54) is 23.5 Å². The van der Waals surface area contributed by atoms with Crippen LogP contribution in [0.3, 0.4) is 0 Å². The summed E-state index contributed by atoms with van der Waals surface area (Å²) in [5, 5.41) is 5.06. The first kappa shape index (κ1) is 33.7. The number of nitrogens with zero attached hydrogens (tertiary/aromatic N) is 1. The molecule has 0 aliphatic carbocycles. The zero-order chi connectivity index (χ0) is 33.7. The van der Waals surface area contributed by atoms with E-state index in [4.69, 9.17) is 21.2 Å². The van der Waals surface area contributed by atoms with Gasteiger partial charge in [-0.25, -0.2) is 9.59 Å². The zero-order valence-corrected chi connectivity index (χ0v) is 28.2. The first-order valence-electron chi connectivity index (χ1n) is 15.5. The molecule has 7 nitrogen and oxygen atoms in total. The predicted molar refractivity (Wildman–Crippen MR) is 188 cm³/mol. The van der Waals surface area contributed by atoms with Crippen molar-refractivity contribution >= 4 is 66.5 Å². The third-order valence-corrected chi connectivity index (χ3v) is 9.52. The van der Waals surface area contributed by atoms with Gasteiger partial charge in [0.15, 0.2) is 16.9 Å². The third-order valence-electron chi connectivity index (χ3n) is 8.02. The zero-order valence-electron chi connectivity index (χ0n) is 26.6. The number of unbranched alkanes of at least 4 members (excludes halogenated alkanes) is 3. The lowest BCUT2D eigenvalue weighted by molar-refractivity contribution is -0.127. The van der Waals surface area contributed by atoms with Crippen LogP contribution in [0.25, 0.3) is 20.2 Å². The van der Waals surface area contributed by atoms with E-state index in [1.54, 1.807) is 56.3 Å². The summed E-state index contributed by atoms with van der Waals surface area (Å²) in [5.74, 6) is -1.64. The number of halogens is 1. The first-order valence-corrected chi connectivity index (χ1v) is 16.7. The lowest BCUT2D eigenvalue weighted by Gasteiger charge is -2.15. The van der Waals surface area contributed by atoms with Crippen molar-refractivity contribution in [3.05, 3.63) is 121 Å². The molecule has 0 saturated carbocycles. The Morgan fingerprint density at radius 3 is 2.30 bits per heavy atom. The maximum Gasteiger partial charge on any atom is 0.366 e. The van der Waals surface area contributed by atoms with Crippen molar-refractivity contribution in [3.8, 4) is 5.75 Å². The molecule has 0 radical (unpaired) electrons. The molecule has 240 valence electrons. The second-order valence-corrected chi connectivity index (χ2v) is 12.8. The van der Waals surface area contributed by atoms with Crippen molar-refractivity contribution in [2.45, 2.75) is 59.8 Å². The van der Waals surface area contributed by atoms with Gasteiger partial charge in [0, 0.05) is 27.6 Å². The monoisotopic (exact) mass is 667 g/mol. The van der Waals surface area contributed by atoms with Gasteiger partial charge in [-0.05, 0) is 68.1 Å². The van der Waals surface area contributed by atoms with Crippen molar-refractivity contribution in [3.63, 3.8) is 0 Å². The van der Waals surface area contributed by atoms with Crippen molar-refractivity contribution < 1.29 is 24.0 Å². The van der Waals surface area contributed by atoms with Gasteiger partial charge in [-0.1, -0.05) is 91.5 Å². The Kier molecular flexibility index (Phi) is 10.6. The van der Waals surface area contributed by atoms with Crippen LogP contribution in [0, 0.1) is 20.8 Å². The molecule has 4 aromatic carbocycles. The molecule has 1 heterocycles. The number of ketones is 1. The van der Waals surface area contributed by atoms with Gasteiger partial charge >= 0.3 is 11.9 Å². The summed E-state index contributed by atoms with van der Waals surface area (Å²) < 4.78 is 6.97. The van der Waals surface area contributed by atoms with Crippen LogP contribution in [0.5, 0.6) is 5.75 Å². The minimum atomic E-state index is -0.803. The number of esters is 1. The van der Waals surface area contributed by atoms with Crippen LogP contribution in [0.1, 0.15) is 82.0 Å². The summed E-state index contributed by atoms with van der Waals surface area (Å²) in [7, 11) is 0. The largest absolute Gasteiger partial charge is 0.420 e. The number of rotatable bonds is 11. The number of fused-ring (bicyclic) bond motifs is 2. The normalized spacial score (nSPS) is 11.6. The average molecular weight is 668 g/mol. The quantitative estimate of drug-likeness (QED) is 0.0203. The second-order valence-electron chi connectivity index (χ2n) is 11.4. The van der Waals surface area contributed by atoms with E-state index in [1.807, 2.05) is 25.1 Å². The van der Waals surface area contributed by atoms with E-state index in [-0.39, 0.29) is 45.1 Å². The smallest absolute Gasteiger partial charge is 0.366 e. The number of aryl methyl sites for hydroxylation is 2. The first-order chi connectivity index (χ1) is 22.6. The van der Waals surface area contributed by atoms with E-state index in [2.05, 4.69) is 12.1 Å². The minimum Gasteiger partial charge on any atom is -0.420 e. The maximum absolute atomic E-state index is 13.6. The van der Waals surface area contributed by atoms with Gasteiger partial charge in [0.1, 0.15) is 5.75 Å². The number of carbonyl (C=O) groups excluding carboxylic acids is 3. The molecule has 0 aliphatic heterocycles. The summed E-state index contributed by atoms with van der Waals surface area (Å²) in [6, 6.07) is 20.8. The second kappa shape index (κ2) is 14.8. The Bertz CT molecular complexity index is 2100. The van der Waals surface area contributed by atoms with Gasteiger partial charge in [0.05, 0.1) is 20.7 Å². The number of ether oxygens (including phenoxy) is 1. The van der Waals surface area contributed by atoms with Crippen LogP contribution < -0.4 is 10.2 Å². The molecule has 5 aromatic rings. The molecule has 47 heavy (non-hydrogen) atoms. The maximum atomic E-state index is 13.6. The van der Waals surface area contributed by atoms with Crippen LogP contribution in [-0.4, -0.2) is 23.4 Å². The Balaban J connectivity index is 1.47. The highest BCUT2D eigenvalue weighted by Crippen LogP contribution is 2.36. The average Bonchev–Trinajstić information content (AvgIpc) is 3.05. The summed E-state index contributed by atoms with van der Waals surface area (Å²) in [4.78, 5) is 59.2. The number of benzene rings is 4. The number of oxime groups is 1. The molecule has 0 aliphatic rings. The standard InChI is InChI=1S/C38H34ClNO6S/c1-5-6-7-11-17-28(37(43)45-29-20-19-27(39)33-35(42)26-16-12-13-18-30(26)47-36(29)33)40-46-38(44)32-23(3)21-22(2)31(24(32)4)34(41)25-14-9-8-10-15-25/h8-10,12-16,18-21H,5-7,11,17H2,1-4H3/b40-28+. The Labute approximate surface area is 281 Å². The molecule has 1 aromatic heterocycles. The molecule has 0 fully saturated rings. The summed E-state index contributed by atoms with van der Waals surface area (Å²) >= 11 is 7.73. The fourth-order valence-electron chi connectivity index (χ4n) is 5.71. The highest BCUT2D eigenvalue weighted by Gasteiger charge is 2.25. The van der Waals surface area contributed by atoms with Gasteiger partial charge in [-0.15, -0.1) is 11.3 Å². The van der Waals surface area contributed by atoms with Gasteiger partial charge in [-0.2, -0.15) is 0 Å². The van der Waals surface area contributed by atoms with E-state index >= 15 is 0 Å². The number of hydrogen-bond donors (Lipinski definition) is 0. The minimum absolute atomic E-state index is 0.0753. The van der Waals surface area contributed by atoms with E-state index < -0.39 is 11.9 Å². The summed E-state index contributed by atoms with van der Waals surface area (Å²) in [5.41, 5.74) is 2.62. The van der Waals surface area contributed by atoms with E-state index in [9.17, 15) is 19.2 Å².